The second kappa shape index (κ2) is 42.9. The summed E-state index contributed by atoms with van der Waals surface area (Å²) in [6.45, 7) is 31.6. The third-order valence-electron chi connectivity index (χ3n) is 20.1. The number of nitrogens with zero attached hydrogens (tertiary/aromatic N) is 8. The summed E-state index contributed by atoms with van der Waals surface area (Å²) in [6.07, 6.45) is 1.11. The minimum atomic E-state index is -3.69. The van der Waals surface area contributed by atoms with E-state index in [-0.39, 0.29) is 69.5 Å². The zero-order valence-corrected chi connectivity index (χ0v) is 66.7. The maximum atomic E-state index is 15.4. The number of aliphatic hydroxyl groups excluding tert-OH is 1. The van der Waals surface area contributed by atoms with Crippen LogP contribution in [0.4, 0.5) is 0 Å². The Morgan fingerprint density at radius 2 is 1.01 bits per heavy atom. The summed E-state index contributed by atoms with van der Waals surface area (Å²) >= 11 is 0. The van der Waals surface area contributed by atoms with Crippen molar-refractivity contribution in [3.63, 3.8) is 0 Å². The monoisotopic (exact) mass is 1450 g/mol. The largest absolute Gasteiger partial charge is 0.390 e. The van der Waals surface area contributed by atoms with Crippen molar-refractivity contribution in [2.24, 2.45) is 47.3 Å². The number of hydrogen-bond donors (Lipinski definition) is 3. The molecular weight excluding hydrogens is 1320 g/mol. The van der Waals surface area contributed by atoms with Crippen LogP contribution in [0.1, 0.15) is 188 Å². The van der Waals surface area contributed by atoms with Crippen molar-refractivity contribution >= 4 is 74.8 Å². The lowest BCUT2D eigenvalue weighted by Crippen LogP contribution is -2.64. The Morgan fingerprint density at radius 3 is 1.52 bits per heavy atom. The van der Waals surface area contributed by atoms with Gasteiger partial charge in [-0.25, -0.2) is 0 Å². The number of Topliss-reactive ketones (excluding diaryl/α,β-unsaturated/α-hetero) is 2. The van der Waals surface area contributed by atoms with E-state index in [0.717, 1.165) is 42.1 Å². The number of carbonyl (C=O) groups excluding carboxylic acids is 11. The number of ketones is 2. The summed E-state index contributed by atoms with van der Waals surface area (Å²) in [5.74, 6) is -11.4. The Balaban J connectivity index is 3.02. The third kappa shape index (κ3) is 27.7. The van der Waals surface area contributed by atoms with E-state index in [1.807, 2.05) is 41.5 Å². The van der Waals surface area contributed by atoms with E-state index >= 15 is 33.6 Å². The van der Waals surface area contributed by atoms with Gasteiger partial charge in [0.25, 0.3) is 10.1 Å². The van der Waals surface area contributed by atoms with Crippen molar-refractivity contribution in [2.45, 2.75) is 254 Å². The number of morpholine rings is 1. The molecule has 0 radical (unpaired) electrons. The van der Waals surface area contributed by atoms with Crippen LogP contribution in [-0.2, 0) is 76.5 Å². The Morgan fingerprint density at radius 1 is 0.515 bits per heavy atom. The predicted octanol–water partition coefficient (Wildman–Crippen LogP) is 4.88. The molecule has 2 rings (SSSR count). The highest BCUT2D eigenvalue weighted by Gasteiger charge is 2.47. The van der Waals surface area contributed by atoms with Crippen molar-refractivity contribution in [3.05, 3.63) is 0 Å². The molecule has 0 aliphatic carbocycles. The SMILES string of the molecule is CC[C@@H]1NC(=O)[C@H]([C@H](O)[C@H](C)CCCCCOS(C)(=O)=O)N(C)C(=O)[C@H](C(C)C)N(C)C(=O)[C@H](CC(C)C)N(C)C(=O)[C@H](CC(C)C)N(C)C(=O)[C@@H](C)NC(=O)[C@H](C)CC(=O)[C@H](CC(C)C)N(C)C(=O)[C@H](C(C)C)CC(=O)[C@H]([C@@H](C)OCCCCN2CCOCC2)N(C)C(=O)[C@@H](C)N(C)C1=O. The van der Waals surface area contributed by atoms with Crippen LogP contribution in [0.5, 0.6) is 0 Å². The quantitative estimate of drug-likeness (QED) is 0.0810. The fraction of sp³-hybridized carbons (Fsp3) is 0.849. The van der Waals surface area contributed by atoms with Gasteiger partial charge in [-0.05, 0) is 114 Å². The highest BCUT2D eigenvalue weighted by Crippen LogP contribution is 2.29. The lowest BCUT2D eigenvalue weighted by Gasteiger charge is -2.41. The minimum absolute atomic E-state index is 0.0398. The Kier molecular flexibility index (Phi) is 38.9. The van der Waals surface area contributed by atoms with Crippen molar-refractivity contribution in [3.8, 4) is 0 Å². The van der Waals surface area contributed by atoms with Crippen LogP contribution in [0.15, 0.2) is 0 Å². The first-order chi connectivity index (χ1) is 46.9. The molecule has 2 aliphatic heterocycles. The van der Waals surface area contributed by atoms with Crippen LogP contribution in [-0.4, -0.2) is 286 Å². The molecule has 0 saturated carbocycles. The molecule has 2 heterocycles. The number of carbonyl (C=O) groups is 11. The number of nitrogens with one attached hydrogen (secondary N) is 2. The first-order valence-electron chi connectivity index (χ1n) is 36.8. The van der Waals surface area contributed by atoms with Crippen LogP contribution in [0, 0.1) is 47.3 Å². The second-order valence-corrected chi connectivity index (χ2v) is 32.4. The molecule has 0 spiro atoms. The van der Waals surface area contributed by atoms with E-state index in [1.165, 1.54) is 87.7 Å². The lowest BCUT2D eigenvalue weighted by atomic mass is 9.85. The molecule has 101 heavy (non-hydrogen) atoms. The van der Waals surface area contributed by atoms with Crippen molar-refractivity contribution < 1.29 is 79.9 Å². The average molecular weight is 1450 g/mol. The van der Waals surface area contributed by atoms with E-state index < -0.39 is 171 Å². The molecule has 0 aromatic rings. The van der Waals surface area contributed by atoms with E-state index in [9.17, 15) is 32.7 Å². The van der Waals surface area contributed by atoms with Gasteiger partial charge in [-0.3, -0.25) is 61.8 Å². The molecule has 27 nitrogen and oxygen atoms in total. The molecule has 9 amide bonds. The van der Waals surface area contributed by atoms with Gasteiger partial charge in [0.1, 0.15) is 48.3 Å². The maximum Gasteiger partial charge on any atom is 0.264 e. The molecule has 582 valence electrons. The molecule has 2 fully saturated rings. The molecule has 0 unspecified atom stereocenters. The summed E-state index contributed by atoms with van der Waals surface area (Å²) in [4.78, 5) is 176. The number of aliphatic hydroxyl groups is 1. The second-order valence-electron chi connectivity index (χ2n) is 30.7. The zero-order chi connectivity index (χ0) is 77.4. The number of likely N-dealkylation sites (N-methyl/N-ethyl adjacent to an activating group) is 7. The first-order valence-corrected chi connectivity index (χ1v) is 38.6. The highest BCUT2D eigenvalue weighted by atomic mass is 32.2. The van der Waals surface area contributed by atoms with Gasteiger partial charge in [0.2, 0.25) is 53.2 Å². The number of amides is 9. The highest BCUT2D eigenvalue weighted by molar-refractivity contribution is 7.86. The zero-order valence-electron chi connectivity index (χ0n) is 65.9. The molecule has 3 N–H and O–H groups in total. The van der Waals surface area contributed by atoms with E-state index in [4.69, 9.17) is 13.7 Å². The van der Waals surface area contributed by atoms with Gasteiger partial charge in [-0.1, -0.05) is 103 Å². The smallest absolute Gasteiger partial charge is 0.264 e. The molecule has 0 bridgehead atoms. The van der Waals surface area contributed by atoms with Gasteiger partial charge in [-0.15, -0.1) is 0 Å². The summed E-state index contributed by atoms with van der Waals surface area (Å²) in [7, 11) is 6.27. The molecule has 2 aliphatic rings. The number of rotatable bonds is 25. The third-order valence-corrected chi connectivity index (χ3v) is 20.7. The van der Waals surface area contributed by atoms with Crippen molar-refractivity contribution in [2.75, 3.05) is 102 Å². The van der Waals surface area contributed by atoms with Gasteiger partial charge in [0, 0.05) is 93.7 Å². The average Bonchev–Trinajstić information content (AvgIpc) is 0.803. The molecule has 14 atom stereocenters. The summed E-state index contributed by atoms with van der Waals surface area (Å²) in [6, 6.07) is -11.6. The van der Waals surface area contributed by atoms with Gasteiger partial charge in [0.05, 0.1) is 44.3 Å². The van der Waals surface area contributed by atoms with E-state index in [0.29, 0.717) is 45.3 Å². The molecule has 0 aromatic carbocycles. The number of hydrogen-bond acceptors (Lipinski definition) is 18. The van der Waals surface area contributed by atoms with Gasteiger partial charge < -0.3 is 59.5 Å². The van der Waals surface area contributed by atoms with E-state index in [1.54, 1.807) is 55.4 Å². The Bertz CT molecular complexity index is 2840. The molecule has 2 saturated heterocycles. The predicted molar refractivity (Wildman–Crippen MR) is 388 cm³/mol. The Hall–Kier alpha value is -5.68. The first kappa shape index (κ1) is 91.4. The number of unbranched alkanes of at least 4 members (excludes halogenated alkanes) is 3. The summed E-state index contributed by atoms with van der Waals surface area (Å²) < 4.78 is 40.1. The topological polar surface area (TPSA) is 320 Å². The molecular formula is C73H132N10O17S. The molecule has 0 aromatic heterocycles. The van der Waals surface area contributed by atoms with Crippen LogP contribution >= 0.6 is 0 Å². The fourth-order valence-corrected chi connectivity index (χ4v) is 13.9. The van der Waals surface area contributed by atoms with Gasteiger partial charge in [0.15, 0.2) is 11.6 Å². The van der Waals surface area contributed by atoms with Crippen LogP contribution in [0.25, 0.3) is 0 Å². The Labute approximate surface area is 605 Å². The summed E-state index contributed by atoms with van der Waals surface area (Å²) in [5, 5.41) is 18.0. The van der Waals surface area contributed by atoms with Crippen LogP contribution in [0.2, 0.25) is 0 Å². The maximum absolute atomic E-state index is 15.4. The standard InChI is InChI=1S/C73H132N10O17S/c1-25-55-70(92)76(17)52(15)68(90)81(22)62(53(16)99-35-30-28-32-83-33-37-98-38-34-83)60(85)43-54(47(8)9)69(91)77(18)56(39-44(2)3)59(84)42-50(13)65(87)74-51(14)67(89)78(19)57(40-45(4)5)71(93)79(20)58(41-46(6)7)72(94)80(21)61(48(10)11)73(95)82(23)63(66(88)75-55)64(86)49(12)31-27-26-29-36-100-101(24,96)97/h44-58,61-64,86H,25-43H2,1-24H3,(H,74,87)(H,75,88)/t49-,50-,51-,52-,53-,54+,55+,56+,57+,58+,61+,62+,63+,64-/m1/s1. The van der Waals surface area contributed by atoms with Crippen LogP contribution < -0.4 is 10.6 Å². The molecule has 28 heteroatoms. The van der Waals surface area contributed by atoms with Crippen molar-refractivity contribution in [1.29, 1.82) is 0 Å². The lowest BCUT2D eigenvalue weighted by molar-refractivity contribution is -0.157. The number of ether oxygens (including phenoxy) is 2. The van der Waals surface area contributed by atoms with Gasteiger partial charge >= 0.3 is 0 Å². The van der Waals surface area contributed by atoms with Crippen molar-refractivity contribution in [1.82, 2.24) is 49.8 Å². The fourth-order valence-electron chi connectivity index (χ4n) is 13.5. The summed E-state index contributed by atoms with van der Waals surface area (Å²) in [5.41, 5.74) is 0. The minimum Gasteiger partial charge on any atom is -0.390 e. The van der Waals surface area contributed by atoms with Gasteiger partial charge in [-0.2, -0.15) is 8.42 Å². The normalized spacial score (nSPS) is 26.9. The van der Waals surface area contributed by atoms with Crippen LogP contribution in [0.3, 0.4) is 0 Å². The van der Waals surface area contributed by atoms with E-state index in [2.05, 4.69) is 15.5 Å².